The van der Waals surface area contributed by atoms with Crippen molar-refractivity contribution in [3.63, 3.8) is 0 Å². The Morgan fingerprint density at radius 3 is 2.31 bits per heavy atom. The Balaban J connectivity index is 1.88. The molecule has 0 aliphatic heterocycles. The number of unbranched alkanes of at least 4 members (excludes halogenated alkanes) is 1. The molecule has 4 heteroatoms. The van der Waals surface area contributed by atoms with Gasteiger partial charge in [0.05, 0.1) is 0 Å². The molecule has 3 rings (SSSR count). The van der Waals surface area contributed by atoms with Crippen LogP contribution in [0.3, 0.4) is 0 Å². The average molecular weight is 395 g/mol. The largest absolute Gasteiger partial charge is 0.382 e. The SMILES string of the molecule is CCCC[C@@H](C(O)C(=O)NC1CC1)N(Cc1ccccc1)[C@@H](C)c1ccccc1. The molecule has 2 aromatic rings. The Kier molecular flexibility index (Phi) is 7.84. The summed E-state index contributed by atoms with van der Waals surface area (Å²) in [6.45, 7) is 5.01. The van der Waals surface area contributed by atoms with Gasteiger partial charge in [0.1, 0.15) is 6.10 Å². The quantitative estimate of drug-likeness (QED) is 0.592. The van der Waals surface area contributed by atoms with Crippen LogP contribution in [-0.2, 0) is 11.3 Å². The zero-order chi connectivity index (χ0) is 20.6. The minimum Gasteiger partial charge on any atom is -0.382 e. The van der Waals surface area contributed by atoms with Crippen molar-refractivity contribution < 1.29 is 9.90 Å². The molecule has 0 saturated heterocycles. The van der Waals surface area contributed by atoms with Gasteiger partial charge < -0.3 is 10.4 Å². The standard InChI is InChI=1S/C25H34N2O2/c1-3-4-15-23(24(28)25(29)26-22-16-17-22)27(18-20-11-7-5-8-12-20)19(2)21-13-9-6-10-14-21/h5-14,19,22-24,28H,3-4,15-18H2,1-2H3,(H,26,29)/t19-,23-,24?/m0/s1. The minimum atomic E-state index is -1.03. The van der Waals surface area contributed by atoms with Gasteiger partial charge >= 0.3 is 0 Å². The van der Waals surface area contributed by atoms with Crippen LogP contribution in [0, 0.1) is 0 Å². The summed E-state index contributed by atoms with van der Waals surface area (Å²) < 4.78 is 0. The van der Waals surface area contributed by atoms with Gasteiger partial charge in [-0.2, -0.15) is 0 Å². The van der Waals surface area contributed by atoms with E-state index in [4.69, 9.17) is 0 Å². The fourth-order valence-electron chi connectivity index (χ4n) is 3.87. The molecule has 0 radical (unpaired) electrons. The van der Waals surface area contributed by atoms with Crippen LogP contribution in [0.4, 0.5) is 0 Å². The van der Waals surface area contributed by atoms with Crippen LogP contribution >= 0.6 is 0 Å². The van der Waals surface area contributed by atoms with Crippen molar-refractivity contribution in [1.82, 2.24) is 10.2 Å². The summed E-state index contributed by atoms with van der Waals surface area (Å²) in [7, 11) is 0. The summed E-state index contributed by atoms with van der Waals surface area (Å²) in [6.07, 6.45) is 3.81. The number of nitrogens with one attached hydrogen (secondary N) is 1. The number of hydrogen-bond donors (Lipinski definition) is 2. The minimum absolute atomic E-state index is 0.0848. The molecule has 156 valence electrons. The van der Waals surface area contributed by atoms with Crippen LogP contribution in [0.1, 0.15) is 63.1 Å². The Labute approximate surface area is 174 Å². The van der Waals surface area contributed by atoms with E-state index < -0.39 is 6.10 Å². The summed E-state index contributed by atoms with van der Waals surface area (Å²) in [6, 6.07) is 20.8. The Morgan fingerprint density at radius 1 is 1.10 bits per heavy atom. The van der Waals surface area contributed by atoms with Crippen LogP contribution in [0.2, 0.25) is 0 Å². The summed E-state index contributed by atoms with van der Waals surface area (Å²) in [4.78, 5) is 15.0. The topological polar surface area (TPSA) is 52.6 Å². The highest BCUT2D eigenvalue weighted by Crippen LogP contribution is 2.29. The number of nitrogens with zero attached hydrogens (tertiary/aromatic N) is 1. The van der Waals surface area contributed by atoms with Crippen LogP contribution in [-0.4, -0.2) is 34.1 Å². The molecule has 1 saturated carbocycles. The third kappa shape index (κ3) is 6.15. The molecule has 0 heterocycles. The molecular formula is C25H34N2O2. The Bertz CT molecular complexity index is 746. The maximum Gasteiger partial charge on any atom is 0.250 e. The van der Waals surface area contributed by atoms with Crippen molar-refractivity contribution in [2.24, 2.45) is 0 Å². The lowest BCUT2D eigenvalue weighted by molar-refractivity contribution is -0.134. The van der Waals surface area contributed by atoms with Gasteiger partial charge in [0.15, 0.2) is 0 Å². The first-order valence-corrected chi connectivity index (χ1v) is 10.9. The molecule has 4 nitrogen and oxygen atoms in total. The molecule has 0 spiro atoms. The molecule has 2 aromatic carbocycles. The number of carbonyl (C=O) groups is 1. The van der Waals surface area contributed by atoms with Gasteiger partial charge in [-0.3, -0.25) is 9.69 Å². The number of rotatable bonds is 11. The highest BCUT2D eigenvalue weighted by atomic mass is 16.3. The smallest absolute Gasteiger partial charge is 0.250 e. The number of aliphatic hydroxyl groups is 1. The zero-order valence-electron chi connectivity index (χ0n) is 17.6. The van der Waals surface area contributed by atoms with E-state index in [2.05, 4.69) is 48.3 Å². The lowest BCUT2D eigenvalue weighted by Gasteiger charge is -2.39. The maximum absolute atomic E-state index is 12.7. The van der Waals surface area contributed by atoms with Crippen molar-refractivity contribution in [3.05, 3.63) is 71.8 Å². The molecule has 3 atom stereocenters. The number of aliphatic hydroxyl groups excluding tert-OH is 1. The Hall–Kier alpha value is -2.17. The van der Waals surface area contributed by atoms with E-state index in [0.717, 1.165) is 32.1 Å². The Morgan fingerprint density at radius 2 is 1.72 bits per heavy atom. The normalized spacial score (nSPS) is 17.0. The first kappa shape index (κ1) is 21.5. The molecule has 0 bridgehead atoms. The lowest BCUT2D eigenvalue weighted by Crippen LogP contribution is -2.51. The molecule has 1 amide bonds. The predicted octanol–water partition coefficient (Wildman–Crippen LogP) is 4.45. The van der Waals surface area contributed by atoms with Crippen LogP contribution in [0.15, 0.2) is 60.7 Å². The van der Waals surface area contributed by atoms with Gasteiger partial charge in [-0.05, 0) is 37.3 Å². The van der Waals surface area contributed by atoms with Crippen LogP contribution < -0.4 is 5.32 Å². The lowest BCUT2D eigenvalue weighted by atomic mass is 9.96. The van der Waals surface area contributed by atoms with Crippen molar-refractivity contribution in [2.75, 3.05) is 0 Å². The van der Waals surface area contributed by atoms with Crippen LogP contribution in [0.5, 0.6) is 0 Å². The molecule has 1 fully saturated rings. The second-order valence-corrected chi connectivity index (χ2v) is 8.18. The summed E-state index contributed by atoms with van der Waals surface area (Å²) in [5, 5.41) is 14.1. The highest BCUT2D eigenvalue weighted by molar-refractivity contribution is 5.81. The van der Waals surface area contributed by atoms with E-state index in [1.54, 1.807) is 0 Å². The predicted molar refractivity (Wildman–Crippen MR) is 117 cm³/mol. The average Bonchev–Trinajstić information content (AvgIpc) is 3.57. The van der Waals surface area contributed by atoms with E-state index in [0.29, 0.717) is 6.54 Å². The fourth-order valence-corrected chi connectivity index (χ4v) is 3.87. The second kappa shape index (κ2) is 10.6. The highest BCUT2D eigenvalue weighted by Gasteiger charge is 2.36. The molecule has 1 aliphatic rings. The molecule has 1 unspecified atom stereocenters. The van der Waals surface area contributed by atoms with Gasteiger partial charge in [-0.1, -0.05) is 80.4 Å². The molecule has 0 aromatic heterocycles. The number of amides is 1. The van der Waals surface area contributed by atoms with Crippen molar-refractivity contribution in [2.45, 2.75) is 76.7 Å². The molecule has 29 heavy (non-hydrogen) atoms. The number of carbonyl (C=O) groups excluding carboxylic acids is 1. The monoisotopic (exact) mass is 394 g/mol. The van der Waals surface area contributed by atoms with Crippen molar-refractivity contribution in [1.29, 1.82) is 0 Å². The van der Waals surface area contributed by atoms with Gasteiger partial charge in [0.2, 0.25) is 0 Å². The first-order valence-electron chi connectivity index (χ1n) is 10.9. The molecule has 2 N–H and O–H groups in total. The first-order chi connectivity index (χ1) is 14.1. The van der Waals surface area contributed by atoms with Crippen LogP contribution in [0.25, 0.3) is 0 Å². The van der Waals surface area contributed by atoms with E-state index in [-0.39, 0.29) is 24.0 Å². The second-order valence-electron chi connectivity index (χ2n) is 8.18. The van der Waals surface area contributed by atoms with E-state index in [1.165, 1.54) is 11.1 Å². The molecule has 1 aliphatic carbocycles. The third-order valence-electron chi connectivity index (χ3n) is 5.82. The third-order valence-corrected chi connectivity index (χ3v) is 5.82. The van der Waals surface area contributed by atoms with E-state index >= 15 is 0 Å². The summed E-state index contributed by atoms with van der Waals surface area (Å²) in [5.41, 5.74) is 2.38. The zero-order valence-corrected chi connectivity index (χ0v) is 17.6. The molecular weight excluding hydrogens is 360 g/mol. The number of hydrogen-bond acceptors (Lipinski definition) is 3. The van der Waals surface area contributed by atoms with Crippen molar-refractivity contribution >= 4 is 5.91 Å². The summed E-state index contributed by atoms with van der Waals surface area (Å²) in [5.74, 6) is -0.230. The summed E-state index contributed by atoms with van der Waals surface area (Å²) >= 11 is 0. The number of benzene rings is 2. The van der Waals surface area contributed by atoms with Gasteiger partial charge in [-0.25, -0.2) is 0 Å². The van der Waals surface area contributed by atoms with E-state index in [1.807, 2.05) is 36.4 Å². The van der Waals surface area contributed by atoms with Crippen molar-refractivity contribution in [3.8, 4) is 0 Å². The van der Waals surface area contributed by atoms with Gasteiger partial charge in [-0.15, -0.1) is 0 Å². The fraction of sp³-hybridized carbons (Fsp3) is 0.480. The van der Waals surface area contributed by atoms with Gasteiger partial charge in [0, 0.05) is 24.7 Å². The van der Waals surface area contributed by atoms with E-state index in [9.17, 15) is 9.90 Å². The maximum atomic E-state index is 12.7. The van der Waals surface area contributed by atoms with Gasteiger partial charge in [0.25, 0.3) is 5.91 Å².